The molecule has 1 amide bonds. The van der Waals surface area contributed by atoms with Crippen LogP contribution in [-0.4, -0.2) is 63.4 Å². The zero-order valence-corrected chi connectivity index (χ0v) is 22.1. The summed E-state index contributed by atoms with van der Waals surface area (Å²) in [6.45, 7) is 1.96. The van der Waals surface area contributed by atoms with E-state index in [9.17, 15) is 13.2 Å². The number of carbonyl (C=O) groups excluding carboxylic acids is 1. The van der Waals surface area contributed by atoms with Crippen molar-refractivity contribution in [3.8, 4) is 5.75 Å². The fourth-order valence-electron chi connectivity index (χ4n) is 4.06. The summed E-state index contributed by atoms with van der Waals surface area (Å²) in [5.74, 6) is 0.530. The first-order valence-electron chi connectivity index (χ1n) is 11.4. The molecule has 1 aliphatic heterocycles. The largest absolute Gasteiger partial charge is 0.497 e. The highest BCUT2D eigenvalue weighted by Gasteiger charge is 2.30. The molecule has 0 saturated carbocycles. The molecule has 0 unspecified atom stereocenters. The molecule has 1 aliphatic rings. The minimum atomic E-state index is -3.98. The molecule has 1 fully saturated rings. The molecule has 7 nitrogen and oxygen atoms in total. The normalized spacial score (nSPS) is 14.2. The van der Waals surface area contributed by atoms with Crippen molar-refractivity contribution in [2.45, 2.75) is 11.4 Å². The monoisotopic (exact) mass is 547 g/mol. The van der Waals surface area contributed by atoms with E-state index in [2.05, 4.69) is 4.90 Å². The van der Waals surface area contributed by atoms with Crippen LogP contribution in [-0.2, 0) is 21.4 Å². The van der Waals surface area contributed by atoms with Crippen molar-refractivity contribution >= 4 is 44.8 Å². The van der Waals surface area contributed by atoms with Gasteiger partial charge in [-0.05, 0) is 60.2 Å². The van der Waals surface area contributed by atoms with E-state index < -0.39 is 10.0 Å². The van der Waals surface area contributed by atoms with Gasteiger partial charge in [-0.1, -0.05) is 41.4 Å². The Labute approximate surface area is 221 Å². The Morgan fingerprint density at radius 3 is 2.17 bits per heavy atom. The van der Waals surface area contributed by atoms with Gasteiger partial charge in [0.1, 0.15) is 5.75 Å². The molecule has 0 aromatic heterocycles. The van der Waals surface area contributed by atoms with Gasteiger partial charge in [-0.15, -0.1) is 0 Å². The molecule has 3 aromatic carbocycles. The van der Waals surface area contributed by atoms with Crippen LogP contribution in [0.1, 0.15) is 5.56 Å². The molecule has 0 radical (unpaired) electrons. The van der Waals surface area contributed by atoms with Crippen LogP contribution in [0.15, 0.2) is 77.7 Å². The van der Waals surface area contributed by atoms with Gasteiger partial charge in [0.05, 0.1) is 18.6 Å². The maximum absolute atomic E-state index is 13.5. The quantitative estimate of drug-likeness (QED) is 0.414. The summed E-state index contributed by atoms with van der Waals surface area (Å²) >= 11 is 12.3. The first-order chi connectivity index (χ1) is 17.3. The van der Waals surface area contributed by atoms with Crippen LogP contribution in [0, 0.1) is 0 Å². The SMILES string of the molecule is COc1ccc(N2CCN(C(=O)CN(Cc3ccccc3Cl)S(=O)(=O)c3ccc(Cl)cc3)CC2)cc1. The minimum absolute atomic E-state index is 0.0256. The summed E-state index contributed by atoms with van der Waals surface area (Å²) in [5.41, 5.74) is 1.67. The number of ether oxygens (including phenoxy) is 1. The summed E-state index contributed by atoms with van der Waals surface area (Å²) < 4.78 is 33.4. The van der Waals surface area contributed by atoms with E-state index in [4.69, 9.17) is 27.9 Å². The van der Waals surface area contributed by atoms with E-state index in [0.29, 0.717) is 41.8 Å². The third-order valence-electron chi connectivity index (χ3n) is 6.14. The second kappa shape index (κ2) is 11.5. The molecule has 0 aliphatic carbocycles. The molecule has 3 aromatic rings. The van der Waals surface area contributed by atoms with Crippen LogP contribution in [0.4, 0.5) is 5.69 Å². The predicted molar refractivity (Wildman–Crippen MR) is 142 cm³/mol. The number of amides is 1. The van der Waals surface area contributed by atoms with Gasteiger partial charge >= 0.3 is 0 Å². The number of hydrogen-bond acceptors (Lipinski definition) is 5. The van der Waals surface area contributed by atoms with E-state index in [1.807, 2.05) is 24.3 Å². The molecule has 0 spiro atoms. The van der Waals surface area contributed by atoms with E-state index in [0.717, 1.165) is 11.4 Å². The van der Waals surface area contributed by atoms with Gasteiger partial charge in [-0.3, -0.25) is 4.79 Å². The minimum Gasteiger partial charge on any atom is -0.497 e. The summed E-state index contributed by atoms with van der Waals surface area (Å²) in [6, 6.07) is 20.7. The van der Waals surface area contributed by atoms with Crippen LogP contribution in [0.3, 0.4) is 0 Å². The van der Waals surface area contributed by atoms with Gasteiger partial charge in [0.2, 0.25) is 15.9 Å². The van der Waals surface area contributed by atoms with Crippen molar-refractivity contribution < 1.29 is 17.9 Å². The van der Waals surface area contributed by atoms with Crippen LogP contribution >= 0.6 is 23.2 Å². The molecule has 0 atom stereocenters. The fourth-order valence-corrected chi connectivity index (χ4v) is 5.75. The molecule has 1 saturated heterocycles. The molecule has 0 bridgehead atoms. The first-order valence-corrected chi connectivity index (χ1v) is 13.6. The smallest absolute Gasteiger partial charge is 0.243 e. The number of carbonyl (C=O) groups is 1. The highest BCUT2D eigenvalue weighted by Crippen LogP contribution is 2.25. The Hall–Kier alpha value is -2.78. The second-order valence-electron chi connectivity index (χ2n) is 8.38. The van der Waals surface area contributed by atoms with Crippen molar-refractivity contribution in [1.82, 2.24) is 9.21 Å². The second-order valence-corrected chi connectivity index (χ2v) is 11.2. The van der Waals surface area contributed by atoms with Gasteiger partial charge in [-0.2, -0.15) is 4.31 Å². The zero-order chi connectivity index (χ0) is 25.7. The van der Waals surface area contributed by atoms with Crippen LogP contribution in [0.5, 0.6) is 5.75 Å². The number of benzene rings is 3. The lowest BCUT2D eigenvalue weighted by molar-refractivity contribution is -0.131. The third kappa shape index (κ3) is 6.13. The van der Waals surface area contributed by atoms with Crippen LogP contribution in [0.2, 0.25) is 10.0 Å². The number of sulfonamides is 1. The van der Waals surface area contributed by atoms with Crippen molar-refractivity contribution in [1.29, 1.82) is 0 Å². The molecule has 4 rings (SSSR count). The molecule has 10 heteroatoms. The van der Waals surface area contributed by atoms with Crippen molar-refractivity contribution in [2.24, 2.45) is 0 Å². The number of anilines is 1. The van der Waals surface area contributed by atoms with Gasteiger partial charge in [0.25, 0.3) is 0 Å². The molecular weight excluding hydrogens is 521 g/mol. The van der Waals surface area contributed by atoms with E-state index >= 15 is 0 Å². The standard InChI is InChI=1S/C26H27Cl2N3O4S/c1-35-23-10-8-22(9-11-23)29-14-16-30(17-15-29)26(32)19-31(18-20-4-2-3-5-25(20)28)36(33,34)24-12-6-21(27)7-13-24/h2-13H,14-19H2,1H3. The van der Waals surface area contributed by atoms with E-state index in [-0.39, 0.29) is 23.9 Å². The Bertz CT molecular complexity index is 1290. The summed E-state index contributed by atoms with van der Waals surface area (Å²) in [6.07, 6.45) is 0. The topological polar surface area (TPSA) is 70.2 Å². The van der Waals surface area contributed by atoms with Crippen molar-refractivity contribution in [3.63, 3.8) is 0 Å². The van der Waals surface area contributed by atoms with E-state index in [1.165, 1.54) is 28.6 Å². The van der Waals surface area contributed by atoms with Crippen molar-refractivity contribution in [2.75, 3.05) is 44.7 Å². The summed E-state index contributed by atoms with van der Waals surface area (Å²) in [7, 11) is -2.35. The molecule has 0 N–H and O–H groups in total. The molecule has 36 heavy (non-hydrogen) atoms. The number of methoxy groups -OCH3 is 1. The Morgan fingerprint density at radius 2 is 1.56 bits per heavy atom. The number of halogens is 2. The Balaban J connectivity index is 1.49. The highest BCUT2D eigenvalue weighted by atomic mass is 35.5. The lowest BCUT2D eigenvalue weighted by Crippen LogP contribution is -2.51. The lowest BCUT2D eigenvalue weighted by atomic mass is 10.2. The zero-order valence-electron chi connectivity index (χ0n) is 19.8. The first kappa shape index (κ1) is 26.3. The average Bonchev–Trinajstić information content (AvgIpc) is 2.90. The van der Waals surface area contributed by atoms with Crippen molar-refractivity contribution in [3.05, 3.63) is 88.4 Å². The molecule has 190 valence electrons. The number of nitrogens with zero attached hydrogens (tertiary/aromatic N) is 3. The highest BCUT2D eigenvalue weighted by molar-refractivity contribution is 7.89. The van der Waals surface area contributed by atoms with Gasteiger partial charge in [-0.25, -0.2) is 8.42 Å². The summed E-state index contributed by atoms with van der Waals surface area (Å²) in [5, 5.41) is 0.867. The number of rotatable bonds is 8. The fraction of sp³-hybridized carbons (Fsp3) is 0.269. The number of hydrogen-bond donors (Lipinski definition) is 0. The lowest BCUT2D eigenvalue weighted by Gasteiger charge is -2.37. The molecular formula is C26H27Cl2N3O4S. The van der Waals surface area contributed by atoms with Crippen LogP contribution in [0.25, 0.3) is 0 Å². The average molecular weight is 548 g/mol. The number of piperazine rings is 1. The Morgan fingerprint density at radius 1 is 0.917 bits per heavy atom. The summed E-state index contributed by atoms with van der Waals surface area (Å²) in [4.78, 5) is 17.2. The maximum Gasteiger partial charge on any atom is 0.243 e. The Kier molecular flexibility index (Phi) is 8.41. The van der Waals surface area contributed by atoms with Gasteiger partial charge in [0, 0.05) is 48.5 Å². The maximum atomic E-state index is 13.5. The van der Waals surface area contributed by atoms with Crippen LogP contribution < -0.4 is 9.64 Å². The van der Waals surface area contributed by atoms with Gasteiger partial charge in [0.15, 0.2) is 0 Å². The molecule has 1 heterocycles. The van der Waals surface area contributed by atoms with E-state index in [1.54, 1.807) is 36.3 Å². The third-order valence-corrected chi connectivity index (χ3v) is 8.56. The predicted octanol–water partition coefficient (Wildman–Crippen LogP) is 4.54. The van der Waals surface area contributed by atoms with Gasteiger partial charge < -0.3 is 14.5 Å².